The molecule has 1 aromatic heterocycles. The van der Waals surface area contributed by atoms with Crippen molar-refractivity contribution in [1.82, 2.24) is 15.6 Å². The van der Waals surface area contributed by atoms with E-state index >= 15 is 0 Å². The molecule has 1 aromatic carbocycles. The van der Waals surface area contributed by atoms with Crippen LogP contribution in [-0.4, -0.2) is 29.4 Å². The molecular weight excluding hydrogens is 325 g/mol. The molecule has 3 rings (SSSR count). The van der Waals surface area contributed by atoms with E-state index in [9.17, 15) is 18.8 Å². The molecule has 7 heteroatoms. The lowest BCUT2D eigenvalue weighted by molar-refractivity contribution is 0.0948. The van der Waals surface area contributed by atoms with Gasteiger partial charge in [0.25, 0.3) is 11.8 Å². The first kappa shape index (κ1) is 16.9. The Balaban J connectivity index is 1.48. The topological polar surface area (TPSA) is 91.1 Å². The van der Waals surface area contributed by atoms with E-state index in [0.717, 1.165) is 6.42 Å². The SMILES string of the molecule is Cc1ccc(C(=O)NC2CC2CNC(=O)c2cc[nH]c(=O)c2)cc1F. The maximum Gasteiger partial charge on any atom is 0.251 e. The van der Waals surface area contributed by atoms with Crippen LogP contribution in [0.15, 0.2) is 41.3 Å². The summed E-state index contributed by atoms with van der Waals surface area (Å²) in [4.78, 5) is 37.7. The molecule has 1 saturated carbocycles. The summed E-state index contributed by atoms with van der Waals surface area (Å²) in [5.74, 6) is -0.939. The van der Waals surface area contributed by atoms with Gasteiger partial charge >= 0.3 is 0 Å². The number of aromatic nitrogens is 1. The van der Waals surface area contributed by atoms with Crippen LogP contribution in [0.3, 0.4) is 0 Å². The average Bonchev–Trinajstić information content (AvgIpc) is 3.33. The third kappa shape index (κ3) is 4.12. The number of carbonyl (C=O) groups is 2. The van der Waals surface area contributed by atoms with E-state index in [1.165, 1.54) is 24.4 Å². The summed E-state index contributed by atoms with van der Waals surface area (Å²) < 4.78 is 13.5. The van der Waals surface area contributed by atoms with E-state index in [-0.39, 0.29) is 34.9 Å². The molecular formula is C18H18FN3O3. The highest BCUT2D eigenvalue weighted by Gasteiger charge is 2.38. The Kier molecular flexibility index (Phi) is 4.65. The Labute approximate surface area is 143 Å². The molecule has 25 heavy (non-hydrogen) atoms. The molecule has 2 aromatic rings. The van der Waals surface area contributed by atoms with Crippen molar-refractivity contribution in [1.29, 1.82) is 0 Å². The lowest BCUT2D eigenvalue weighted by atomic mass is 10.1. The van der Waals surface area contributed by atoms with E-state index in [2.05, 4.69) is 15.6 Å². The molecule has 130 valence electrons. The van der Waals surface area contributed by atoms with Gasteiger partial charge in [0.05, 0.1) is 0 Å². The fourth-order valence-corrected chi connectivity index (χ4v) is 2.55. The van der Waals surface area contributed by atoms with Crippen molar-refractivity contribution in [2.75, 3.05) is 6.54 Å². The normalized spacial score (nSPS) is 18.5. The Bertz CT molecular complexity index is 878. The van der Waals surface area contributed by atoms with Crippen molar-refractivity contribution in [3.05, 3.63) is 69.4 Å². The molecule has 2 amide bonds. The molecule has 1 aliphatic rings. The molecule has 1 heterocycles. The second-order valence-electron chi connectivity index (χ2n) is 6.19. The predicted octanol–water partition coefficient (Wildman–Crippen LogP) is 1.37. The van der Waals surface area contributed by atoms with Crippen molar-refractivity contribution in [3.8, 4) is 0 Å². The van der Waals surface area contributed by atoms with E-state index in [1.807, 2.05) is 0 Å². The second-order valence-corrected chi connectivity index (χ2v) is 6.19. The highest BCUT2D eigenvalue weighted by Crippen LogP contribution is 2.29. The highest BCUT2D eigenvalue weighted by molar-refractivity contribution is 5.95. The second kappa shape index (κ2) is 6.88. The Morgan fingerprint density at radius 2 is 1.96 bits per heavy atom. The van der Waals surface area contributed by atoms with Gasteiger partial charge in [-0.25, -0.2) is 4.39 Å². The molecule has 2 unspecified atom stereocenters. The molecule has 1 aliphatic carbocycles. The van der Waals surface area contributed by atoms with Gasteiger partial charge in [-0.05, 0) is 43.0 Å². The summed E-state index contributed by atoms with van der Waals surface area (Å²) >= 11 is 0. The monoisotopic (exact) mass is 343 g/mol. The summed E-state index contributed by atoms with van der Waals surface area (Å²) in [5.41, 5.74) is 0.722. The predicted molar refractivity (Wildman–Crippen MR) is 89.9 cm³/mol. The van der Waals surface area contributed by atoms with Gasteiger partial charge in [-0.3, -0.25) is 14.4 Å². The van der Waals surface area contributed by atoms with Gasteiger partial charge < -0.3 is 15.6 Å². The van der Waals surface area contributed by atoms with Crippen molar-refractivity contribution in [2.45, 2.75) is 19.4 Å². The molecule has 0 bridgehead atoms. The molecule has 0 aliphatic heterocycles. The number of aryl methyl sites for hydroxylation is 1. The zero-order valence-electron chi connectivity index (χ0n) is 13.6. The number of rotatable bonds is 5. The standard InChI is InChI=1S/C18H18FN3O3/c1-10-2-3-11(6-14(10)19)18(25)22-15-7-13(15)9-21-17(24)12-4-5-20-16(23)8-12/h2-6,8,13,15H,7,9H2,1H3,(H,20,23)(H,21,24)(H,22,25). The summed E-state index contributed by atoms with van der Waals surface area (Å²) in [6.45, 7) is 2.04. The molecule has 1 fully saturated rings. The molecule has 0 spiro atoms. The maximum atomic E-state index is 13.5. The summed E-state index contributed by atoms with van der Waals surface area (Å²) in [6, 6.07) is 7.08. The van der Waals surface area contributed by atoms with Crippen LogP contribution in [0.5, 0.6) is 0 Å². The largest absolute Gasteiger partial charge is 0.352 e. The van der Waals surface area contributed by atoms with Crippen LogP contribution < -0.4 is 16.2 Å². The minimum absolute atomic E-state index is 0.0451. The lowest BCUT2D eigenvalue weighted by Crippen LogP contribution is -2.31. The first-order valence-corrected chi connectivity index (χ1v) is 7.98. The van der Waals surface area contributed by atoms with Crippen LogP contribution in [0.4, 0.5) is 4.39 Å². The number of aromatic amines is 1. The molecule has 6 nitrogen and oxygen atoms in total. The summed E-state index contributed by atoms with van der Waals surface area (Å²) in [7, 11) is 0. The van der Waals surface area contributed by atoms with E-state index in [4.69, 9.17) is 0 Å². The summed E-state index contributed by atoms with van der Waals surface area (Å²) in [5, 5.41) is 5.57. The van der Waals surface area contributed by atoms with Gasteiger partial charge in [0.15, 0.2) is 0 Å². The van der Waals surface area contributed by atoms with Gasteiger partial charge in [0, 0.05) is 36.0 Å². The average molecular weight is 343 g/mol. The van der Waals surface area contributed by atoms with Crippen LogP contribution in [0.1, 0.15) is 32.7 Å². The van der Waals surface area contributed by atoms with E-state index in [1.54, 1.807) is 19.1 Å². The van der Waals surface area contributed by atoms with Gasteiger partial charge in [0.1, 0.15) is 5.82 Å². The van der Waals surface area contributed by atoms with Crippen molar-refractivity contribution < 1.29 is 14.0 Å². The smallest absolute Gasteiger partial charge is 0.251 e. The third-order valence-electron chi connectivity index (χ3n) is 4.24. The van der Waals surface area contributed by atoms with Crippen LogP contribution in [0, 0.1) is 18.7 Å². The maximum absolute atomic E-state index is 13.5. The van der Waals surface area contributed by atoms with Crippen molar-refractivity contribution >= 4 is 11.8 Å². The molecule has 0 radical (unpaired) electrons. The van der Waals surface area contributed by atoms with Gasteiger partial charge in [0.2, 0.25) is 5.56 Å². The first-order chi connectivity index (χ1) is 11.9. The van der Waals surface area contributed by atoms with E-state index < -0.39 is 5.82 Å². The highest BCUT2D eigenvalue weighted by atomic mass is 19.1. The number of carbonyl (C=O) groups excluding carboxylic acids is 2. The first-order valence-electron chi connectivity index (χ1n) is 7.98. The summed E-state index contributed by atoms with van der Waals surface area (Å²) in [6.07, 6.45) is 2.16. The lowest BCUT2D eigenvalue weighted by Gasteiger charge is -2.07. The fourth-order valence-electron chi connectivity index (χ4n) is 2.55. The number of pyridine rings is 1. The molecule has 3 N–H and O–H groups in total. The Morgan fingerprint density at radius 3 is 2.68 bits per heavy atom. The number of hydrogen-bond acceptors (Lipinski definition) is 3. The number of hydrogen-bond donors (Lipinski definition) is 3. The molecule has 0 saturated heterocycles. The van der Waals surface area contributed by atoms with Gasteiger partial charge in [-0.2, -0.15) is 0 Å². The number of H-pyrrole nitrogens is 1. The minimum Gasteiger partial charge on any atom is -0.352 e. The Morgan fingerprint density at radius 1 is 1.20 bits per heavy atom. The number of benzene rings is 1. The zero-order valence-corrected chi connectivity index (χ0v) is 13.6. The number of halogens is 1. The Hall–Kier alpha value is -2.96. The number of nitrogens with one attached hydrogen (secondary N) is 3. The van der Waals surface area contributed by atoms with Crippen LogP contribution >= 0.6 is 0 Å². The quantitative estimate of drug-likeness (QED) is 0.766. The van der Waals surface area contributed by atoms with Crippen molar-refractivity contribution in [3.63, 3.8) is 0 Å². The fraction of sp³-hybridized carbons (Fsp3) is 0.278. The van der Waals surface area contributed by atoms with Crippen molar-refractivity contribution in [2.24, 2.45) is 5.92 Å². The zero-order chi connectivity index (χ0) is 18.0. The van der Waals surface area contributed by atoms with Crippen LogP contribution in [-0.2, 0) is 0 Å². The molecule has 2 atom stereocenters. The van der Waals surface area contributed by atoms with Gasteiger partial charge in [-0.1, -0.05) is 6.07 Å². The van der Waals surface area contributed by atoms with Crippen LogP contribution in [0.25, 0.3) is 0 Å². The van der Waals surface area contributed by atoms with Gasteiger partial charge in [-0.15, -0.1) is 0 Å². The van der Waals surface area contributed by atoms with Crippen LogP contribution in [0.2, 0.25) is 0 Å². The third-order valence-corrected chi connectivity index (χ3v) is 4.24. The number of amides is 2. The minimum atomic E-state index is -0.412. The van der Waals surface area contributed by atoms with E-state index in [0.29, 0.717) is 17.7 Å².